The minimum absolute atomic E-state index is 0.183. The molecule has 15 heavy (non-hydrogen) atoms. The summed E-state index contributed by atoms with van der Waals surface area (Å²) in [6.45, 7) is 0. The summed E-state index contributed by atoms with van der Waals surface area (Å²) in [7, 11) is 0. The van der Waals surface area contributed by atoms with E-state index in [4.69, 9.17) is 5.73 Å². The molecule has 76 valence electrons. The van der Waals surface area contributed by atoms with E-state index in [0.717, 1.165) is 15.4 Å². The Bertz CT molecular complexity index is 525. The number of hydrogen-bond acceptors (Lipinski definition) is 2. The summed E-state index contributed by atoms with van der Waals surface area (Å²) in [5.41, 5.74) is 6.68. The zero-order valence-electron chi connectivity index (χ0n) is 7.90. The summed E-state index contributed by atoms with van der Waals surface area (Å²) in [6, 6.07) is 9.53. The number of halogens is 1. The van der Waals surface area contributed by atoms with Crippen molar-refractivity contribution in [3.63, 3.8) is 0 Å². The molecule has 0 aliphatic rings. The molecule has 2 N–H and O–H groups in total. The largest absolute Gasteiger partial charge is 0.369 e. The molecular weight excluding hydrogens is 256 g/mol. The zero-order valence-corrected chi connectivity index (χ0v) is 9.49. The highest BCUT2D eigenvalue weighted by Crippen LogP contribution is 2.22. The van der Waals surface area contributed by atoms with Gasteiger partial charge in [-0.1, -0.05) is 22.0 Å². The van der Waals surface area contributed by atoms with E-state index in [-0.39, 0.29) is 12.3 Å². The fraction of sp³-hybridized carbons (Fsp3) is 0.0909. The summed E-state index contributed by atoms with van der Waals surface area (Å²) in [5, 5.41) is 1.03. The number of pyridine rings is 1. The van der Waals surface area contributed by atoms with Crippen LogP contribution >= 0.6 is 15.9 Å². The highest BCUT2D eigenvalue weighted by Gasteiger charge is 2.03. The van der Waals surface area contributed by atoms with Crippen molar-refractivity contribution >= 4 is 32.7 Å². The highest BCUT2D eigenvalue weighted by atomic mass is 79.9. The van der Waals surface area contributed by atoms with Gasteiger partial charge in [0, 0.05) is 9.86 Å². The van der Waals surface area contributed by atoms with E-state index in [1.54, 1.807) is 0 Å². The molecule has 0 spiro atoms. The van der Waals surface area contributed by atoms with E-state index in [1.165, 1.54) is 0 Å². The number of nitrogens with zero attached hydrogens (tertiary/aromatic N) is 1. The fourth-order valence-electron chi connectivity index (χ4n) is 1.44. The first kappa shape index (κ1) is 10.1. The molecule has 3 nitrogen and oxygen atoms in total. The van der Waals surface area contributed by atoms with E-state index in [2.05, 4.69) is 20.9 Å². The van der Waals surface area contributed by atoms with Gasteiger partial charge in [-0.15, -0.1) is 0 Å². The second-order valence-electron chi connectivity index (χ2n) is 3.25. The Morgan fingerprint density at radius 3 is 2.87 bits per heavy atom. The van der Waals surface area contributed by atoms with Gasteiger partial charge in [0.25, 0.3) is 0 Å². The lowest BCUT2D eigenvalue weighted by molar-refractivity contribution is -0.117. The SMILES string of the molecule is NC(=O)Cc1ccc2c(Br)cccc2n1. The van der Waals surface area contributed by atoms with Gasteiger partial charge in [0.05, 0.1) is 17.6 Å². The molecule has 0 aliphatic carbocycles. The maximum absolute atomic E-state index is 10.7. The molecule has 2 rings (SSSR count). The van der Waals surface area contributed by atoms with Crippen molar-refractivity contribution in [2.45, 2.75) is 6.42 Å². The lowest BCUT2D eigenvalue weighted by atomic mass is 10.2. The Hall–Kier alpha value is -1.42. The van der Waals surface area contributed by atoms with Gasteiger partial charge >= 0.3 is 0 Å². The third kappa shape index (κ3) is 2.15. The fourth-order valence-corrected chi connectivity index (χ4v) is 1.92. The molecule has 1 amide bonds. The molecule has 1 aromatic heterocycles. The van der Waals surface area contributed by atoms with Crippen molar-refractivity contribution in [3.05, 3.63) is 40.5 Å². The van der Waals surface area contributed by atoms with Crippen LogP contribution in [0.3, 0.4) is 0 Å². The van der Waals surface area contributed by atoms with Crippen LogP contribution in [0.1, 0.15) is 5.69 Å². The van der Waals surface area contributed by atoms with Gasteiger partial charge < -0.3 is 5.73 Å². The van der Waals surface area contributed by atoms with Crippen LogP contribution in [0, 0.1) is 0 Å². The van der Waals surface area contributed by atoms with Crippen molar-refractivity contribution in [3.8, 4) is 0 Å². The quantitative estimate of drug-likeness (QED) is 0.903. The number of nitrogens with two attached hydrogens (primary N) is 1. The Morgan fingerprint density at radius 1 is 1.33 bits per heavy atom. The smallest absolute Gasteiger partial charge is 0.223 e. The average molecular weight is 265 g/mol. The van der Waals surface area contributed by atoms with E-state index in [9.17, 15) is 4.79 Å². The molecule has 1 aromatic carbocycles. The first-order valence-electron chi connectivity index (χ1n) is 4.49. The number of fused-ring (bicyclic) bond motifs is 1. The van der Waals surface area contributed by atoms with E-state index in [0.29, 0.717) is 5.69 Å². The van der Waals surface area contributed by atoms with Crippen LogP contribution in [0.4, 0.5) is 0 Å². The topological polar surface area (TPSA) is 56.0 Å². The lowest BCUT2D eigenvalue weighted by Gasteiger charge is -2.02. The minimum Gasteiger partial charge on any atom is -0.369 e. The number of carbonyl (C=O) groups excluding carboxylic acids is 1. The van der Waals surface area contributed by atoms with Crippen LogP contribution in [-0.2, 0) is 11.2 Å². The van der Waals surface area contributed by atoms with Crippen LogP contribution in [0.25, 0.3) is 10.9 Å². The third-order valence-corrected chi connectivity index (χ3v) is 2.78. The van der Waals surface area contributed by atoms with Crippen LogP contribution in [0.2, 0.25) is 0 Å². The maximum Gasteiger partial charge on any atom is 0.223 e. The number of amides is 1. The molecule has 0 atom stereocenters. The molecule has 0 saturated heterocycles. The first-order valence-corrected chi connectivity index (χ1v) is 5.28. The molecule has 0 aliphatic heterocycles. The van der Waals surface area contributed by atoms with Gasteiger partial charge in [-0.2, -0.15) is 0 Å². The van der Waals surface area contributed by atoms with Crippen molar-refractivity contribution in [1.29, 1.82) is 0 Å². The third-order valence-electron chi connectivity index (χ3n) is 2.09. The van der Waals surface area contributed by atoms with Crippen molar-refractivity contribution in [2.24, 2.45) is 5.73 Å². The summed E-state index contributed by atoms with van der Waals surface area (Å²) < 4.78 is 0.998. The summed E-state index contributed by atoms with van der Waals surface area (Å²) in [5.74, 6) is -0.364. The number of aromatic nitrogens is 1. The van der Waals surface area contributed by atoms with Crippen molar-refractivity contribution in [2.75, 3.05) is 0 Å². The van der Waals surface area contributed by atoms with Gasteiger partial charge in [-0.3, -0.25) is 9.78 Å². The molecule has 0 radical (unpaired) electrons. The number of primary amides is 1. The van der Waals surface area contributed by atoms with Gasteiger partial charge in [0.15, 0.2) is 0 Å². The van der Waals surface area contributed by atoms with E-state index >= 15 is 0 Å². The summed E-state index contributed by atoms with van der Waals surface area (Å²) in [4.78, 5) is 15.1. The van der Waals surface area contributed by atoms with Gasteiger partial charge in [-0.25, -0.2) is 0 Å². The van der Waals surface area contributed by atoms with Gasteiger partial charge in [0.1, 0.15) is 0 Å². The molecule has 4 heteroatoms. The molecule has 1 heterocycles. The zero-order chi connectivity index (χ0) is 10.8. The molecule has 0 saturated carbocycles. The monoisotopic (exact) mass is 264 g/mol. The van der Waals surface area contributed by atoms with Gasteiger partial charge in [-0.05, 0) is 24.3 Å². The Kier molecular flexibility index (Phi) is 2.68. The van der Waals surface area contributed by atoms with E-state index in [1.807, 2.05) is 30.3 Å². The number of rotatable bonds is 2. The second kappa shape index (κ2) is 3.98. The standard InChI is InChI=1S/C11H9BrN2O/c12-9-2-1-3-10-8(9)5-4-7(14-10)6-11(13)15/h1-5H,6H2,(H2,13,15). The molecule has 2 aromatic rings. The minimum atomic E-state index is -0.364. The molecular formula is C11H9BrN2O. The summed E-state index contributed by atoms with van der Waals surface area (Å²) >= 11 is 3.44. The predicted octanol–water partition coefficient (Wildman–Crippen LogP) is 2.03. The lowest BCUT2D eigenvalue weighted by Crippen LogP contribution is -2.14. The molecule has 0 fully saturated rings. The van der Waals surface area contributed by atoms with Crippen LogP contribution in [-0.4, -0.2) is 10.9 Å². The van der Waals surface area contributed by atoms with Gasteiger partial charge in [0.2, 0.25) is 5.91 Å². The predicted molar refractivity (Wildman–Crippen MR) is 62.3 cm³/mol. The normalized spacial score (nSPS) is 10.5. The Balaban J connectivity index is 2.52. The number of carbonyl (C=O) groups is 1. The number of hydrogen-bond donors (Lipinski definition) is 1. The molecule has 0 bridgehead atoms. The first-order chi connectivity index (χ1) is 7.16. The van der Waals surface area contributed by atoms with Crippen molar-refractivity contribution in [1.82, 2.24) is 4.98 Å². The second-order valence-corrected chi connectivity index (χ2v) is 4.11. The van der Waals surface area contributed by atoms with Crippen molar-refractivity contribution < 1.29 is 4.79 Å². The van der Waals surface area contributed by atoms with Crippen LogP contribution < -0.4 is 5.73 Å². The number of benzene rings is 1. The van der Waals surface area contributed by atoms with E-state index < -0.39 is 0 Å². The average Bonchev–Trinajstić information content (AvgIpc) is 2.17. The Labute approximate surface area is 95.4 Å². The maximum atomic E-state index is 10.7. The Morgan fingerprint density at radius 2 is 2.13 bits per heavy atom. The van der Waals surface area contributed by atoms with Crippen LogP contribution in [0.15, 0.2) is 34.8 Å². The van der Waals surface area contributed by atoms with Crippen LogP contribution in [0.5, 0.6) is 0 Å². The molecule has 0 unspecified atom stereocenters. The summed E-state index contributed by atoms with van der Waals surface area (Å²) in [6.07, 6.45) is 0.183. The highest BCUT2D eigenvalue weighted by molar-refractivity contribution is 9.10.